The van der Waals surface area contributed by atoms with E-state index in [0.29, 0.717) is 29.1 Å². The van der Waals surface area contributed by atoms with Crippen molar-refractivity contribution in [3.63, 3.8) is 0 Å². The van der Waals surface area contributed by atoms with Crippen molar-refractivity contribution in [1.82, 2.24) is 4.90 Å². The number of ether oxygens (including phenoxy) is 1. The molecule has 2 atom stereocenters. The first-order valence-electron chi connectivity index (χ1n) is 10.4. The van der Waals surface area contributed by atoms with Crippen molar-refractivity contribution in [2.75, 3.05) is 13.7 Å². The van der Waals surface area contributed by atoms with Gasteiger partial charge in [-0.1, -0.05) is 35.9 Å². The number of esters is 1. The quantitative estimate of drug-likeness (QED) is 0.316. The molecule has 1 aliphatic heterocycles. The number of likely N-dealkylation sites (tertiary alicyclic amines) is 1. The Kier molecular flexibility index (Phi) is 6.48. The summed E-state index contributed by atoms with van der Waals surface area (Å²) in [4.78, 5) is 28.1. The Bertz CT molecular complexity index is 1190. The number of nitrogens with one attached hydrogen (secondary N) is 1. The van der Waals surface area contributed by atoms with Gasteiger partial charge in [-0.25, -0.2) is 0 Å². The molecule has 2 unspecified atom stereocenters. The number of halogens is 1. The van der Waals surface area contributed by atoms with Crippen molar-refractivity contribution >= 4 is 50.7 Å². The third kappa shape index (κ3) is 4.36. The monoisotopic (exact) mass is 469 g/mol. The summed E-state index contributed by atoms with van der Waals surface area (Å²) in [7, 11) is 1.37. The fourth-order valence-electron chi connectivity index (χ4n) is 4.43. The van der Waals surface area contributed by atoms with Crippen LogP contribution in [-0.2, 0) is 16.0 Å². The van der Waals surface area contributed by atoms with Gasteiger partial charge in [-0.15, -0.1) is 11.3 Å². The molecule has 1 aromatic heterocycles. The summed E-state index contributed by atoms with van der Waals surface area (Å²) < 4.78 is 6.08. The molecule has 1 saturated heterocycles. The molecule has 0 aliphatic carbocycles. The first-order chi connectivity index (χ1) is 15.4. The number of nitrogen functional groups attached to an aromatic ring is 1. The number of rotatable bonds is 6. The lowest BCUT2D eigenvalue weighted by atomic mass is 9.89. The SMILES string of the molecule is COC(=O)C(Cc1cccc(C(=N)N)c1)C1CCCN1C(=O)c1csc2cc(Cl)ccc12. The number of nitrogens with two attached hydrogens (primary N) is 1. The molecule has 0 bridgehead atoms. The van der Waals surface area contributed by atoms with E-state index in [1.165, 1.54) is 18.4 Å². The molecule has 1 aliphatic rings. The fourth-order valence-corrected chi connectivity index (χ4v) is 5.64. The minimum absolute atomic E-state index is 0.0245. The van der Waals surface area contributed by atoms with Gasteiger partial charge < -0.3 is 15.4 Å². The number of thiophene rings is 1. The molecule has 0 saturated carbocycles. The summed E-state index contributed by atoms with van der Waals surface area (Å²) in [5.74, 6) is -0.950. The van der Waals surface area contributed by atoms with E-state index >= 15 is 0 Å². The molecule has 166 valence electrons. The van der Waals surface area contributed by atoms with E-state index in [1.807, 2.05) is 40.6 Å². The maximum atomic E-state index is 13.5. The van der Waals surface area contributed by atoms with Gasteiger partial charge in [0, 0.05) is 38.6 Å². The lowest BCUT2D eigenvalue weighted by molar-refractivity contribution is -0.147. The number of carbonyl (C=O) groups excluding carboxylic acids is 2. The number of hydrogen-bond donors (Lipinski definition) is 2. The number of carbonyl (C=O) groups is 2. The van der Waals surface area contributed by atoms with Crippen molar-refractivity contribution in [2.45, 2.75) is 25.3 Å². The second-order valence-electron chi connectivity index (χ2n) is 7.95. The van der Waals surface area contributed by atoms with Crippen LogP contribution in [0, 0.1) is 11.3 Å². The van der Waals surface area contributed by atoms with Gasteiger partial charge in [0.1, 0.15) is 5.84 Å². The summed E-state index contributed by atoms with van der Waals surface area (Å²) in [6.45, 7) is 0.593. The van der Waals surface area contributed by atoms with Crippen LogP contribution in [0.1, 0.15) is 34.3 Å². The van der Waals surface area contributed by atoms with Crippen LogP contribution in [0.3, 0.4) is 0 Å². The number of methoxy groups -OCH3 is 1. The first kappa shape index (κ1) is 22.3. The van der Waals surface area contributed by atoms with E-state index in [2.05, 4.69) is 0 Å². The number of benzene rings is 2. The Hall–Kier alpha value is -2.90. The maximum Gasteiger partial charge on any atom is 0.311 e. The standard InChI is InChI=1S/C24H24ClN3O3S/c1-31-24(30)18(11-14-4-2-5-15(10-14)22(26)27)20-6-3-9-28(20)23(29)19-13-32-21-12-16(25)7-8-17(19)21/h2,4-5,7-8,10,12-13,18,20H,3,6,9,11H2,1H3,(H3,26,27). The lowest BCUT2D eigenvalue weighted by Crippen LogP contribution is -2.44. The molecule has 0 spiro atoms. The third-order valence-corrected chi connectivity index (χ3v) is 7.17. The minimum atomic E-state index is -0.506. The molecule has 3 aromatic rings. The van der Waals surface area contributed by atoms with Crippen LogP contribution in [0.25, 0.3) is 10.1 Å². The van der Waals surface area contributed by atoms with Gasteiger partial charge in [-0.2, -0.15) is 0 Å². The number of amides is 1. The molecule has 32 heavy (non-hydrogen) atoms. The highest BCUT2D eigenvalue weighted by Gasteiger charge is 2.39. The van der Waals surface area contributed by atoms with Gasteiger partial charge >= 0.3 is 5.97 Å². The second kappa shape index (κ2) is 9.30. The van der Waals surface area contributed by atoms with E-state index in [4.69, 9.17) is 27.5 Å². The summed E-state index contributed by atoms with van der Waals surface area (Å²) in [6, 6.07) is 12.6. The number of hydrogen-bond acceptors (Lipinski definition) is 5. The van der Waals surface area contributed by atoms with Crippen LogP contribution < -0.4 is 5.73 Å². The van der Waals surface area contributed by atoms with Crippen molar-refractivity contribution in [3.05, 3.63) is 69.6 Å². The zero-order valence-electron chi connectivity index (χ0n) is 17.6. The summed E-state index contributed by atoms with van der Waals surface area (Å²) >= 11 is 7.58. The molecular weight excluding hydrogens is 446 g/mol. The molecule has 8 heteroatoms. The van der Waals surface area contributed by atoms with Crippen molar-refractivity contribution < 1.29 is 14.3 Å². The van der Waals surface area contributed by atoms with Gasteiger partial charge in [0.2, 0.25) is 0 Å². The predicted molar refractivity (Wildman–Crippen MR) is 128 cm³/mol. The lowest BCUT2D eigenvalue weighted by Gasteiger charge is -2.30. The minimum Gasteiger partial charge on any atom is -0.469 e. The Morgan fingerprint density at radius 2 is 2.12 bits per heavy atom. The molecule has 3 N–H and O–H groups in total. The van der Waals surface area contributed by atoms with E-state index in [1.54, 1.807) is 12.1 Å². The van der Waals surface area contributed by atoms with Crippen LogP contribution in [-0.4, -0.2) is 42.3 Å². The molecule has 1 amide bonds. The van der Waals surface area contributed by atoms with Gasteiger partial charge in [-0.3, -0.25) is 15.0 Å². The van der Waals surface area contributed by atoms with Gasteiger partial charge in [0.15, 0.2) is 0 Å². The number of fused-ring (bicyclic) bond motifs is 1. The Morgan fingerprint density at radius 3 is 2.88 bits per heavy atom. The van der Waals surface area contributed by atoms with Crippen LogP contribution >= 0.6 is 22.9 Å². The van der Waals surface area contributed by atoms with Crippen LogP contribution in [0.15, 0.2) is 47.8 Å². The highest BCUT2D eigenvalue weighted by molar-refractivity contribution is 7.17. The van der Waals surface area contributed by atoms with E-state index < -0.39 is 5.92 Å². The molecule has 1 fully saturated rings. The first-order valence-corrected chi connectivity index (χ1v) is 11.6. The summed E-state index contributed by atoms with van der Waals surface area (Å²) in [6.07, 6.45) is 1.96. The smallest absolute Gasteiger partial charge is 0.311 e. The van der Waals surface area contributed by atoms with Crippen molar-refractivity contribution in [3.8, 4) is 0 Å². The number of nitrogens with zero attached hydrogens (tertiary/aromatic N) is 1. The normalized spacial score (nSPS) is 16.8. The molecule has 4 rings (SSSR count). The summed E-state index contributed by atoms with van der Waals surface area (Å²) in [5, 5.41) is 11.0. The van der Waals surface area contributed by atoms with Crippen LogP contribution in [0.2, 0.25) is 5.02 Å². The van der Waals surface area contributed by atoms with Gasteiger partial charge in [0.05, 0.1) is 18.6 Å². The van der Waals surface area contributed by atoms with Gasteiger partial charge in [0.25, 0.3) is 5.91 Å². The highest BCUT2D eigenvalue weighted by Crippen LogP contribution is 2.34. The topological polar surface area (TPSA) is 96.5 Å². The molecular formula is C24H24ClN3O3S. The van der Waals surface area contributed by atoms with Gasteiger partial charge in [-0.05, 0) is 43.0 Å². The second-order valence-corrected chi connectivity index (χ2v) is 9.29. The Balaban J connectivity index is 1.63. The average molecular weight is 470 g/mol. The Morgan fingerprint density at radius 1 is 1.31 bits per heavy atom. The molecule has 2 heterocycles. The zero-order chi connectivity index (χ0) is 22.8. The van der Waals surface area contributed by atoms with E-state index in [-0.39, 0.29) is 23.8 Å². The van der Waals surface area contributed by atoms with E-state index in [0.717, 1.165) is 28.5 Å². The maximum absolute atomic E-state index is 13.5. The summed E-state index contributed by atoms with van der Waals surface area (Å²) in [5.41, 5.74) is 7.74. The molecule has 6 nitrogen and oxygen atoms in total. The molecule has 0 radical (unpaired) electrons. The third-order valence-electron chi connectivity index (χ3n) is 5.99. The largest absolute Gasteiger partial charge is 0.469 e. The van der Waals surface area contributed by atoms with Crippen molar-refractivity contribution in [1.29, 1.82) is 5.41 Å². The van der Waals surface area contributed by atoms with Crippen molar-refractivity contribution in [2.24, 2.45) is 11.7 Å². The fraction of sp³-hybridized carbons (Fsp3) is 0.292. The van der Waals surface area contributed by atoms with Crippen LogP contribution in [0.5, 0.6) is 0 Å². The molecule has 2 aromatic carbocycles. The average Bonchev–Trinajstić information content (AvgIpc) is 3.43. The van der Waals surface area contributed by atoms with E-state index in [9.17, 15) is 9.59 Å². The number of amidine groups is 1. The Labute approximate surface area is 195 Å². The van der Waals surface area contributed by atoms with Crippen LogP contribution in [0.4, 0.5) is 0 Å². The zero-order valence-corrected chi connectivity index (χ0v) is 19.2. The predicted octanol–water partition coefficient (Wildman–Crippen LogP) is 4.48. The highest BCUT2D eigenvalue weighted by atomic mass is 35.5.